The predicted octanol–water partition coefficient (Wildman–Crippen LogP) is 3.90. The Morgan fingerprint density at radius 2 is 1.77 bits per heavy atom. The van der Waals surface area contributed by atoms with Crippen LogP contribution in [0.15, 0.2) is 60.7 Å². The van der Waals surface area contributed by atoms with Crippen LogP contribution in [0.5, 0.6) is 11.5 Å². The Kier molecular flexibility index (Phi) is 5.49. The molecule has 3 aromatic carbocycles. The number of fused-ring (bicyclic) bond motifs is 1. The zero-order valence-electron chi connectivity index (χ0n) is 14.3. The van der Waals surface area contributed by atoms with E-state index in [2.05, 4.69) is 4.74 Å². The van der Waals surface area contributed by atoms with E-state index in [0.29, 0.717) is 22.6 Å². The summed E-state index contributed by atoms with van der Waals surface area (Å²) in [5.74, 6) is 0.648. The van der Waals surface area contributed by atoms with Crippen LogP contribution in [0.1, 0.15) is 20.7 Å². The quantitative estimate of drug-likeness (QED) is 0.367. The SMILES string of the molecule is COC(=O)c1cccc(OCCOc2ccc3ccccc3c2C=O)c1. The highest BCUT2D eigenvalue weighted by Crippen LogP contribution is 2.26. The third-order valence-electron chi connectivity index (χ3n) is 3.91. The number of carbonyl (C=O) groups is 2. The van der Waals surface area contributed by atoms with E-state index in [0.717, 1.165) is 17.1 Å². The van der Waals surface area contributed by atoms with Gasteiger partial charge in [0.1, 0.15) is 24.7 Å². The molecule has 0 aromatic heterocycles. The van der Waals surface area contributed by atoms with Gasteiger partial charge in [-0.3, -0.25) is 4.79 Å². The molecule has 0 fully saturated rings. The highest BCUT2D eigenvalue weighted by molar-refractivity contribution is 6.00. The molecule has 0 unspecified atom stereocenters. The first-order chi connectivity index (χ1) is 12.7. The molecule has 0 atom stereocenters. The van der Waals surface area contributed by atoms with Crippen molar-refractivity contribution in [3.05, 3.63) is 71.8 Å². The van der Waals surface area contributed by atoms with Gasteiger partial charge >= 0.3 is 5.97 Å². The zero-order valence-corrected chi connectivity index (χ0v) is 14.3. The van der Waals surface area contributed by atoms with Gasteiger partial charge in [0, 0.05) is 0 Å². The average Bonchev–Trinajstić information content (AvgIpc) is 2.70. The van der Waals surface area contributed by atoms with Crippen molar-refractivity contribution < 1.29 is 23.8 Å². The molecule has 0 saturated carbocycles. The van der Waals surface area contributed by atoms with Crippen LogP contribution >= 0.6 is 0 Å². The minimum atomic E-state index is -0.418. The van der Waals surface area contributed by atoms with Gasteiger partial charge in [-0.15, -0.1) is 0 Å². The average molecular weight is 350 g/mol. The molecule has 3 aromatic rings. The van der Waals surface area contributed by atoms with Crippen LogP contribution in [0.4, 0.5) is 0 Å². The van der Waals surface area contributed by atoms with Crippen LogP contribution in [0.2, 0.25) is 0 Å². The van der Waals surface area contributed by atoms with E-state index in [4.69, 9.17) is 9.47 Å². The maximum Gasteiger partial charge on any atom is 0.337 e. The number of methoxy groups -OCH3 is 1. The molecule has 5 heteroatoms. The number of rotatable bonds is 7. The minimum Gasteiger partial charge on any atom is -0.490 e. The number of ether oxygens (including phenoxy) is 3. The summed E-state index contributed by atoms with van der Waals surface area (Å²) in [6, 6.07) is 18.1. The molecule has 0 aliphatic rings. The summed E-state index contributed by atoms with van der Waals surface area (Å²) in [6.45, 7) is 0.539. The molecule has 26 heavy (non-hydrogen) atoms. The van der Waals surface area contributed by atoms with Crippen LogP contribution in [0, 0.1) is 0 Å². The second-order valence-corrected chi connectivity index (χ2v) is 5.53. The maximum atomic E-state index is 11.5. The lowest BCUT2D eigenvalue weighted by molar-refractivity contribution is 0.0600. The van der Waals surface area contributed by atoms with Crippen molar-refractivity contribution in [1.82, 2.24) is 0 Å². The predicted molar refractivity (Wildman–Crippen MR) is 98.1 cm³/mol. The van der Waals surface area contributed by atoms with Gasteiger partial charge in [0.2, 0.25) is 0 Å². The first-order valence-electron chi connectivity index (χ1n) is 8.14. The van der Waals surface area contributed by atoms with Crippen molar-refractivity contribution in [3.63, 3.8) is 0 Å². The Hall–Kier alpha value is -3.34. The van der Waals surface area contributed by atoms with Crippen molar-refractivity contribution in [1.29, 1.82) is 0 Å². The molecule has 0 radical (unpaired) electrons. The smallest absolute Gasteiger partial charge is 0.337 e. The van der Waals surface area contributed by atoms with Crippen LogP contribution in [-0.2, 0) is 4.74 Å². The third-order valence-corrected chi connectivity index (χ3v) is 3.91. The fourth-order valence-electron chi connectivity index (χ4n) is 2.66. The number of carbonyl (C=O) groups excluding carboxylic acids is 2. The summed E-state index contributed by atoms with van der Waals surface area (Å²) in [5.41, 5.74) is 0.944. The van der Waals surface area contributed by atoms with Gasteiger partial charge in [-0.1, -0.05) is 36.4 Å². The molecular formula is C21H18O5. The number of hydrogen-bond acceptors (Lipinski definition) is 5. The van der Waals surface area contributed by atoms with E-state index in [1.165, 1.54) is 7.11 Å². The first-order valence-corrected chi connectivity index (χ1v) is 8.14. The van der Waals surface area contributed by atoms with Crippen molar-refractivity contribution in [2.75, 3.05) is 20.3 Å². The Morgan fingerprint density at radius 1 is 0.962 bits per heavy atom. The number of hydrogen-bond donors (Lipinski definition) is 0. The van der Waals surface area contributed by atoms with E-state index >= 15 is 0 Å². The molecule has 0 aliphatic carbocycles. The lowest BCUT2D eigenvalue weighted by atomic mass is 10.0. The van der Waals surface area contributed by atoms with Crippen LogP contribution < -0.4 is 9.47 Å². The summed E-state index contributed by atoms with van der Waals surface area (Å²) < 4.78 is 16.0. The Balaban J connectivity index is 1.63. The first kappa shape index (κ1) is 17.5. The third kappa shape index (κ3) is 3.83. The number of benzene rings is 3. The van der Waals surface area contributed by atoms with E-state index in [1.54, 1.807) is 30.3 Å². The fourth-order valence-corrected chi connectivity index (χ4v) is 2.66. The summed E-state index contributed by atoms with van der Waals surface area (Å²) >= 11 is 0. The molecule has 0 N–H and O–H groups in total. The highest BCUT2D eigenvalue weighted by atomic mass is 16.5. The van der Waals surface area contributed by atoms with Crippen LogP contribution in [0.3, 0.4) is 0 Å². The van der Waals surface area contributed by atoms with E-state index in [1.807, 2.05) is 30.3 Å². The molecule has 3 rings (SSSR count). The Bertz CT molecular complexity index is 933. The number of aldehydes is 1. The van der Waals surface area contributed by atoms with Gasteiger partial charge in [0.25, 0.3) is 0 Å². The summed E-state index contributed by atoms with van der Waals surface area (Å²) in [6.07, 6.45) is 0.804. The lowest BCUT2D eigenvalue weighted by Crippen LogP contribution is -2.10. The van der Waals surface area contributed by atoms with Gasteiger partial charge in [-0.05, 0) is 35.0 Å². The molecule has 0 spiro atoms. The molecule has 0 bridgehead atoms. The summed E-state index contributed by atoms with van der Waals surface area (Å²) in [4.78, 5) is 23.0. The van der Waals surface area contributed by atoms with Crippen LogP contribution in [-0.4, -0.2) is 32.6 Å². The monoisotopic (exact) mass is 350 g/mol. The summed E-state index contributed by atoms with van der Waals surface area (Å²) in [5, 5.41) is 1.84. The Labute approximate surface area is 151 Å². The van der Waals surface area contributed by atoms with Crippen molar-refractivity contribution in [2.24, 2.45) is 0 Å². The maximum absolute atomic E-state index is 11.5. The second-order valence-electron chi connectivity index (χ2n) is 5.53. The van der Waals surface area contributed by atoms with E-state index in [9.17, 15) is 9.59 Å². The fraction of sp³-hybridized carbons (Fsp3) is 0.143. The van der Waals surface area contributed by atoms with Crippen molar-refractivity contribution in [2.45, 2.75) is 0 Å². The highest BCUT2D eigenvalue weighted by Gasteiger charge is 2.09. The van der Waals surface area contributed by atoms with Gasteiger partial charge < -0.3 is 14.2 Å². The molecule has 0 heterocycles. The second kappa shape index (κ2) is 8.16. The molecule has 132 valence electrons. The lowest BCUT2D eigenvalue weighted by Gasteiger charge is -2.12. The molecule has 5 nitrogen and oxygen atoms in total. The van der Waals surface area contributed by atoms with E-state index in [-0.39, 0.29) is 13.2 Å². The molecular weight excluding hydrogens is 332 g/mol. The van der Waals surface area contributed by atoms with E-state index < -0.39 is 5.97 Å². The minimum absolute atomic E-state index is 0.266. The van der Waals surface area contributed by atoms with Gasteiger partial charge in [-0.2, -0.15) is 0 Å². The van der Waals surface area contributed by atoms with Gasteiger partial charge in [0.05, 0.1) is 18.2 Å². The van der Waals surface area contributed by atoms with Crippen molar-refractivity contribution >= 4 is 23.0 Å². The molecule has 0 saturated heterocycles. The summed E-state index contributed by atoms with van der Waals surface area (Å²) in [7, 11) is 1.33. The zero-order chi connectivity index (χ0) is 18.4. The molecule has 0 amide bonds. The normalized spacial score (nSPS) is 10.3. The van der Waals surface area contributed by atoms with Crippen LogP contribution in [0.25, 0.3) is 10.8 Å². The van der Waals surface area contributed by atoms with Crippen molar-refractivity contribution in [3.8, 4) is 11.5 Å². The molecule has 0 aliphatic heterocycles. The van der Waals surface area contributed by atoms with Gasteiger partial charge in [-0.25, -0.2) is 4.79 Å². The largest absolute Gasteiger partial charge is 0.490 e. The van der Waals surface area contributed by atoms with Gasteiger partial charge in [0.15, 0.2) is 6.29 Å². The topological polar surface area (TPSA) is 61.8 Å². The standard InChI is InChI=1S/C21H18O5/c1-24-21(23)16-6-4-7-17(13-16)25-11-12-26-20-10-9-15-5-2-3-8-18(15)19(20)14-22/h2-10,13-14H,11-12H2,1H3. The number of esters is 1. The Morgan fingerprint density at radius 3 is 2.58 bits per heavy atom.